The summed E-state index contributed by atoms with van der Waals surface area (Å²) in [5.41, 5.74) is 8.11. The highest BCUT2D eigenvalue weighted by Gasteiger charge is 2.49. The van der Waals surface area contributed by atoms with Crippen molar-refractivity contribution in [2.45, 2.75) is 37.1 Å². The van der Waals surface area contributed by atoms with Gasteiger partial charge in [0, 0.05) is 25.7 Å². The molecule has 12 nitrogen and oxygen atoms in total. The molecule has 0 saturated carbocycles. The number of piperidine rings is 1. The minimum atomic E-state index is -4.81. The summed E-state index contributed by atoms with van der Waals surface area (Å²) < 4.78 is 34.7. The van der Waals surface area contributed by atoms with Gasteiger partial charge in [0.1, 0.15) is 12.1 Å². The first kappa shape index (κ1) is 17.3. The van der Waals surface area contributed by atoms with E-state index in [2.05, 4.69) is 15.1 Å². The second kappa shape index (κ2) is 6.42. The first-order valence-electron chi connectivity index (χ1n) is 7.45. The molecule has 5 N–H and O–H groups in total. The largest absolute Gasteiger partial charge is 0.418 e. The van der Waals surface area contributed by atoms with Crippen molar-refractivity contribution in [3.63, 3.8) is 0 Å². The fourth-order valence-electron chi connectivity index (χ4n) is 3.11. The number of hydrogen-bond donors (Lipinski definition) is 4. The van der Waals surface area contributed by atoms with Gasteiger partial charge in [-0.05, 0) is 12.8 Å². The van der Waals surface area contributed by atoms with E-state index in [0.29, 0.717) is 31.0 Å². The topological polar surface area (TPSA) is 164 Å². The molecule has 3 aliphatic heterocycles. The fourth-order valence-corrected chi connectivity index (χ4v) is 3.50. The number of hydroxylamine groups is 3. The van der Waals surface area contributed by atoms with Crippen LogP contribution in [0.1, 0.15) is 12.8 Å². The van der Waals surface area contributed by atoms with Gasteiger partial charge in [-0.25, -0.2) is 10.3 Å². The summed E-state index contributed by atoms with van der Waals surface area (Å²) in [7, 11) is -4.81. The summed E-state index contributed by atoms with van der Waals surface area (Å²) >= 11 is 0. The molecule has 4 atom stereocenters. The minimum absolute atomic E-state index is 0.122. The molecule has 3 fully saturated rings. The molecule has 0 aromatic carbocycles. The van der Waals surface area contributed by atoms with Crippen LogP contribution in [0.3, 0.4) is 0 Å². The highest BCUT2D eigenvalue weighted by Crippen LogP contribution is 2.30. The Morgan fingerprint density at radius 2 is 2.12 bits per heavy atom. The standard InChI is InChI=1S/C11H19N5O7S/c12-7-3-13-4-9(7)22-14-10(17)8-2-1-6-5-15(8)11(18)16(6)23-24(19,20)21/h6-9,13H,1-5,12H2,(H,14,17)(H,19,20,21). The normalized spacial score (nSPS) is 33.2. The number of fused-ring (bicyclic) bond motifs is 2. The molecular weight excluding hydrogens is 346 g/mol. The zero-order valence-corrected chi connectivity index (χ0v) is 13.4. The SMILES string of the molecule is NC1CNCC1ONC(=O)C1CCC2CN1C(=O)N2OS(=O)(=O)O. The lowest BCUT2D eigenvalue weighted by molar-refractivity contribution is -0.143. The van der Waals surface area contributed by atoms with E-state index in [1.54, 1.807) is 0 Å². The van der Waals surface area contributed by atoms with Crippen LogP contribution in [0, 0.1) is 0 Å². The number of carbonyl (C=O) groups excluding carboxylic acids is 2. The molecule has 0 radical (unpaired) electrons. The molecule has 3 saturated heterocycles. The number of hydrogen-bond acceptors (Lipinski definition) is 8. The second-order valence-electron chi connectivity index (χ2n) is 5.95. The van der Waals surface area contributed by atoms with Crippen molar-refractivity contribution in [1.82, 2.24) is 20.8 Å². The molecule has 3 amide bonds. The van der Waals surface area contributed by atoms with Gasteiger partial charge in [-0.2, -0.15) is 13.5 Å². The lowest BCUT2D eigenvalue weighted by Gasteiger charge is -2.29. The Labute approximate surface area is 138 Å². The van der Waals surface area contributed by atoms with Gasteiger partial charge in [0.2, 0.25) is 0 Å². The van der Waals surface area contributed by atoms with Gasteiger partial charge >= 0.3 is 16.4 Å². The number of nitrogens with one attached hydrogen (secondary N) is 2. The molecule has 0 aliphatic carbocycles. The molecule has 3 heterocycles. The quantitative estimate of drug-likeness (QED) is 0.300. The van der Waals surface area contributed by atoms with Crippen LogP contribution in [0.2, 0.25) is 0 Å². The Hall–Kier alpha value is -1.51. The van der Waals surface area contributed by atoms with Crippen molar-refractivity contribution in [2.24, 2.45) is 5.73 Å². The molecule has 24 heavy (non-hydrogen) atoms. The van der Waals surface area contributed by atoms with E-state index in [-0.39, 0.29) is 18.7 Å². The number of carbonyl (C=O) groups is 2. The Balaban J connectivity index is 1.60. The van der Waals surface area contributed by atoms with Crippen molar-refractivity contribution < 1.29 is 31.7 Å². The third-order valence-corrected chi connectivity index (χ3v) is 4.66. The van der Waals surface area contributed by atoms with Crippen LogP contribution >= 0.6 is 0 Å². The van der Waals surface area contributed by atoms with E-state index in [1.807, 2.05) is 0 Å². The maximum Gasteiger partial charge on any atom is 0.418 e. The Kier molecular flexibility index (Phi) is 4.63. The van der Waals surface area contributed by atoms with Gasteiger partial charge < -0.3 is 16.0 Å². The first-order valence-corrected chi connectivity index (χ1v) is 8.81. The summed E-state index contributed by atoms with van der Waals surface area (Å²) in [4.78, 5) is 30.9. The zero-order chi connectivity index (χ0) is 17.5. The third kappa shape index (κ3) is 3.45. The lowest BCUT2D eigenvalue weighted by Crippen LogP contribution is -2.51. The maximum absolute atomic E-state index is 12.3. The van der Waals surface area contributed by atoms with Gasteiger partial charge in [0.15, 0.2) is 0 Å². The number of nitrogens with zero attached hydrogens (tertiary/aromatic N) is 2. The van der Waals surface area contributed by atoms with Gasteiger partial charge in [-0.3, -0.25) is 14.2 Å². The van der Waals surface area contributed by atoms with Gasteiger partial charge in [-0.15, -0.1) is 4.28 Å². The average molecular weight is 365 g/mol. The van der Waals surface area contributed by atoms with E-state index in [0.717, 1.165) is 0 Å². The third-order valence-electron chi connectivity index (χ3n) is 4.31. The van der Waals surface area contributed by atoms with Gasteiger partial charge in [0.05, 0.1) is 6.04 Å². The zero-order valence-electron chi connectivity index (χ0n) is 12.6. The number of urea groups is 1. The fraction of sp³-hybridized carbons (Fsp3) is 0.818. The molecular formula is C11H19N5O7S. The van der Waals surface area contributed by atoms with Crippen LogP contribution in [-0.4, -0.2) is 78.7 Å². The average Bonchev–Trinajstić information content (AvgIpc) is 3.01. The number of amides is 3. The summed E-state index contributed by atoms with van der Waals surface area (Å²) in [5.74, 6) is -0.519. The predicted octanol–water partition coefficient (Wildman–Crippen LogP) is -2.66. The van der Waals surface area contributed by atoms with E-state index in [4.69, 9.17) is 15.1 Å². The van der Waals surface area contributed by atoms with Crippen molar-refractivity contribution >= 4 is 22.3 Å². The molecule has 136 valence electrons. The highest BCUT2D eigenvalue weighted by atomic mass is 32.3. The molecule has 4 unspecified atom stereocenters. The number of nitrogens with two attached hydrogens (primary N) is 1. The molecule has 0 spiro atoms. The summed E-state index contributed by atoms with van der Waals surface area (Å²) in [6.07, 6.45) is 0.297. The van der Waals surface area contributed by atoms with Crippen molar-refractivity contribution in [3.8, 4) is 0 Å². The summed E-state index contributed by atoms with van der Waals surface area (Å²) in [6.45, 7) is 1.21. The predicted molar refractivity (Wildman–Crippen MR) is 77.2 cm³/mol. The minimum Gasteiger partial charge on any atom is -0.324 e. The van der Waals surface area contributed by atoms with Gasteiger partial charge in [-0.1, -0.05) is 0 Å². The van der Waals surface area contributed by atoms with Crippen LogP contribution in [0.15, 0.2) is 0 Å². The summed E-state index contributed by atoms with van der Waals surface area (Å²) in [6, 6.07) is -2.39. The van der Waals surface area contributed by atoms with Gasteiger partial charge in [0.25, 0.3) is 5.91 Å². The molecule has 0 aromatic rings. The van der Waals surface area contributed by atoms with Crippen LogP contribution < -0.4 is 16.5 Å². The summed E-state index contributed by atoms with van der Waals surface area (Å²) in [5, 5.41) is 3.60. The molecule has 13 heteroatoms. The van der Waals surface area contributed by atoms with E-state index >= 15 is 0 Å². The van der Waals surface area contributed by atoms with E-state index < -0.39 is 34.4 Å². The Morgan fingerprint density at radius 3 is 2.75 bits per heavy atom. The first-order chi connectivity index (χ1) is 11.3. The van der Waals surface area contributed by atoms with Crippen LogP contribution in [0.25, 0.3) is 0 Å². The monoisotopic (exact) mass is 365 g/mol. The van der Waals surface area contributed by atoms with Crippen LogP contribution in [0.5, 0.6) is 0 Å². The molecule has 3 aliphatic rings. The lowest BCUT2D eigenvalue weighted by atomic mass is 10.0. The molecule has 3 rings (SSSR count). The van der Waals surface area contributed by atoms with E-state index in [9.17, 15) is 18.0 Å². The Bertz CT molecular complexity index is 628. The van der Waals surface area contributed by atoms with Crippen molar-refractivity contribution in [1.29, 1.82) is 0 Å². The van der Waals surface area contributed by atoms with E-state index in [1.165, 1.54) is 4.90 Å². The van der Waals surface area contributed by atoms with Crippen LogP contribution in [0.4, 0.5) is 4.79 Å². The van der Waals surface area contributed by atoms with Crippen molar-refractivity contribution in [3.05, 3.63) is 0 Å². The van der Waals surface area contributed by atoms with Crippen LogP contribution in [-0.2, 0) is 24.3 Å². The smallest absolute Gasteiger partial charge is 0.324 e. The van der Waals surface area contributed by atoms with Crippen molar-refractivity contribution in [2.75, 3.05) is 19.6 Å². The second-order valence-corrected chi connectivity index (χ2v) is 6.96. The molecule has 2 bridgehead atoms. The molecule has 0 aromatic heterocycles. The number of rotatable bonds is 5. The Morgan fingerprint density at radius 1 is 1.38 bits per heavy atom. The maximum atomic E-state index is 12.3. The highest BCUT2D eigenvalue weighted by molar-refractivity contribution is 7.80.